The van der Waals surface area contributed by atoms with E-state index in [2.05, 4.69) is 18.7 Å². The summed E-state index contributed by atoms with van der Waals surface area (Å²) >= 11 is 0. The number of esters is 1. The van der Waals surface area contributed by atoms with Gasteiger partial charge < -0.3 is 4.74 Å². The quantitative estimate of drug-likeness (QED) is 0.584. The van der Waals surface area contributed by atoms with E-state index >= 15 is 0 Å². The lowest BCUT2D eigenvalue weighted by molar-refractivity contribution is -0.155. The number of hydrogen-bond acceptors (Lipinski definition) is 2. The lowest BCUT2D eigenvalue weighted by atomic mass is 9.87. The molecule has 2 rings (SSSR count). The molecule has 0 unspecified atom stereocenters. The van der Waals surface area contributed by atoms with E-state index in [4.69, 9.17) is 4.74 Å². The Labute approximate surface area is 108 Å². The second kappa shape index (κ2) is 5.67. The summed E-state index contributed by atoms with van der Waals surface area (Å²) in [4.78, 5) is 11.4. The molecule has 1 aliphatic rings. The molecular formula is C16H18O2. The third kappa shape index (κ3) is 3.10. The summed E-state index contributed by atoms with van der Waals surface area (Å²) in [5.41, 5.74) is 0.871. The molecule has 0 aromatic heterocycles. The average molecular weight is 242 g/mol. The monoisotopic (exact) mass is 242 g/mol. The van der Waals surface area contributed by atoms with Crippen LogP contribution < -0.4 is 0 Å². The maximum Gasteiger partial charge on any atom is 0.330 e. The van der Waals surface area contributed by atoms with Gasteiger partial charge in [-0.05, 0) is 18.4 Å². The van der Waals surface area contributed by atoms with E-state index in [0.29, 0.717) is 6.42 Å². The first-order valence-electron chi connectivity index (χ1n) is 6.28. The molecule has 2 heteroatoms. The number of cyclic esters (lactones) is 1. The molecule has 94 valence electrons. The van der Waals surface area contributed by atoms with Crippen LogP contribution in [-0.2, 0) is 16.0 Å². The van der Waals surface area contributed by atoms with Gasteiger partial charge in [-0.1, -0.05) is 42.5 Å². The summed E-state index contributed by atoms with van der Waals surface area (Å²) in [6.07, 6.45) is 8.46. The maximum atomic E-state index is 11.4. The molecule has 0 saturated carbocycles. The van der Waals surface area contributed by atoms with E-state index in [9.17, 15) is 4.79 Å². The zero-order valence-corrected chi connectivity index (χ0v) is 10.5. The molecule has 0 saturated heterocycles. The van der Waals surface area contributed by atoms with Crippen LogP contribution >= 0.6 is 0 Å². The third-order valence-electron chi connectivity index (χ3n) is 3.29. The fourth-order valence-corrected chi connectivity index (χ4v) is 2.32. The number of aryl methyl sites for hydroxylation is 1. The molecule has 0 radical (unpaired) electrons. The molecule has 0 N–H and O–H groups in total. The van der Waals surface area contributed by atoms with E-state index in [1.54, 1.807) is 0 Å². The largest absolute Gasteiger partial charge is 0.455 e. The van der Waals surface area contributed by atoms with Gasteiger partial charge in [-0.2, -0.15) is 0 Å². The van der Waals surface area contributed by atoms with Gasteiger partial charge in [-0.3, -0.25) is 0 Å². The summed E-state index contributed by atoms with van der Waals surface area (Å²) in [6.45, 7) is 3.76. The molecule has 1 heterocycles. The molecule has 0 aliphatic carbocycles. The van der Waals surface area contributed by atoms with Crippen molar-refractivity contribution in [3.8, 4) is 0 Å². The zero-order valence-electron chi connectivity index (χ0n) is 10.5. The number of hydrogen-bond donors (Lipinski definition) is 0. The molecular weight excluding hydrogens is 224 g/mol. The second-order valence-corrected chi connectivity index (χ2v) is 4.69. The average Bonchev–Trinajstić information content (AvgIpc) is 2.38. The van der Waals surface area contributed by atoms with Gasteiger partial charge in [-0.25, -0.2) is 4.79 Å². The van der Waals surface area contributed by atoms with Crippen LogP contribution in [0.5, 0.6) is 0 Å². The highest BCUT2D eigenvalue weighted by atomic mass is 16.6. The van der Waals surface area contributed by atoms with E-state index in [0.717, 1.165) is 19.3 Å². The fourth-order valence-electron chi connectivity index (χ4n) is 2.32. The van der Waals surface area contributed by atoms with Crippen molar-refractivity contribution in [3.05, 3.63) is 60.7 Å². The highest BCUT2D eigenvalue weighted by Crippen LogP contribution is 2.31. The van der Waals surface area contributed by atoms with Crippen molar-refractivity contribution in [2.75, 3.05) is 0 Å². The van der Waals surface area contributed by atoms with E-state index in [1.165, 1.54) is 11.6 Å². The molecule has 0 spiro atoms. The molecule has 0 bridgehead atoms. The number of carbonyl (C=O) groups excluding carboxylic acids is 1. The first kappa shape index (κ1) is 12.6. The number of carbonyl (C=O) groups is 1. The van der Waals surface area contributed by atoms with Gasteiger partial charge in [0.2, 0.25) is 0 Å². The molecule has 1 aromatic carbocycles. The molecule has 1 aliphatic heterocycles. The van der Waals surface area contributed by atoms with Gasteiger partial charge in [-0.15, -0.1) is 6.58 Å². The van der Waals surface area contributed by atoms with Crippen LogP contribution in [-0.4, -0.2) is 11.6 Å². The third-order valence-corrected chi connectivity index (χ3v) is 3.29. The van der Waals surface area contributed by atoms with Crippen LogP contribution in [0.15, 0.2) is 55.1 Å². The number of ether oxygens (including phenoxy) is 1. The van der Waals surface area contributed by atoms with E-state index in [-0.39, 0.29) is 5.97 Å². The molecule has 2 nitrogen and oxygen atoms in total. The van der Waals surface area contributed by atoms with Crippen molar-refractivity contribution >= 4 is 5.97 Å². The summed E-state index contributed by atoms with van der Waals surface area (Å²) in [5, 5.41) is 0. The first-order chi connectivity index (χ1) is 8.74. The SMILES string of the molecule is C=CC[C@]1(CCc2ccccc2)CC=CC(=O)O1. The Morgan fingerprint density at radius 3 is 2.78 bits per heavy atom. The van der Waals surface area contributed by atoms with Crippen molar-refractivity contribution in [3.63, 3.8) is 0 Å². The first-order valence-corrected chi connectivity index (χ1v) is 6.28. The zero-order chi connectivity index (χ0) is 12.8. The standard InChI is InChI=1S/C16H18O2/c1-2-11-16(12-6-9-15(17)18-16)13-10-14-7-4-3-5-8-14/h2-9H,1,10-13H2/t16-/m1/s1. The molecule has 1 atom stereocenters. The molecule has 0 amide bonds. The minimum atomic E-state index is -0.399. The van der Waals surface area contributed by atoms with E-state index < -0.39 is 5.60 Å². The number of benzene rings is 1. The van der Waals surface area contributed by atoms with Crippen molar-refractivity contribution in [2.24, 2.45) is 0 Å². The highest BCUT2D eigenvalue weighted by molar-refractivity contribution is 5.83. The lowest BCUT2D eigenvalue weighted by Gasteiger charge is -2.33. The number of rotatable bonds is 5. The Morgan fingerprint density at radius 2 is 2.11 bits per heavy atom. The fraction of sp³-hybridized carbons (Fsp3) is 0.312. The van der Waals surface area contributed by atoms with Gasteiger partial charge in [0.05, 0.1) is 0 Å². The Morgan fingerprint density at radius 1 is 1.33 bits per heavy atom. The van der Waals surface area contributed by atoms with Crippen molar-refractivity contribution in [1.82, 2.24) is 0 Å². The van der Waals surface area contributed by atoms with Crippen LogP contribution in [0.4, 0.5) is 0 Å². The van der Waals surface area contributed by atoms with Crippen LogP contribution in [0, 0.1) is 0 Å². The summed E-state index contributed by atoms with van der Waals surface area (Å²) < 4.78 is 5.54. The van der Waals surface area contributed by atoms with Crippen molar-refractivity contribution < 1.29 is 9.53 Å². The summed E-state index contributed by atoms with van der Waals surface area (Å²) in [6, 6.07) is 10.3. The molecule has 18 heavy (non-hydrogen) atoms. The Hall–Kier alpha value is -1.83. The van der Waals surface area contributed by atoms with Crippen LogP contribution in [0.25, 0.3) is 0 Å². The van der Waals surface area contributed by atoms with E-state index in [1.807, 2.05) is 30.4 Å². The Balaban J connectivity index is 2.05. The Bertz CT molecular complexity index is 447. The van der Waals surface area contributed by atoms with Gasteiger partial charge in [0.25, 0.3) is 0 Å². The smallest absolute Gasteiger partial charge is 0.330 e. The Kier molecular flexibility index (Phi) is 3.98. The van der Waals surface area contributed by atoms with Crippen LogP contribution in [0.1, 0.15) is 24.8 Å². The highest BCUT2D eigenvalue weighted by Gasteiger charge is 2.33. The van der Waals surface area contributed by atoms with Gasteiger partial charge in [0.15, 0.2) is 0 Å². The van der Waals surface area contributed by atoms with Gasteiger partial charge in [0.1, 0.15) is 5.60 Å². The normalized spacial score (nSPS) is 22.6. The minimum Gasteiger partial charge on any atom is -0.455 e. The minimum absolute atomic E-state index is 0.240. The molecule has 1 aromatic rings. The second-order valence-electron chi connectivity index (χ2n) is 4.69. The van der Waals surface area contributed by atoms with Crippen LogP contribution in [0.2, 0.25) is 0 Å². The van der Waals surface area contributed by atoms with Gasteiger partial charge >= 0.3 is 5.97 Å². The van der Waals surface area contributed by atoms with Crippen molar-refractivity contribution in [2.45, 2.75) is 31.3 Å². The summed E-state index contributed by atoms with van der Waals surface area (Å²) in [5.74, 6) is -0.240. The summed E-state index contributed by atoms with van der Waals surface area (Å²) in [7, 11) is 0. The topological polar surface area (TPSA) is 26.3 Å². The van der Waals surface area contributed by atoms with Crippen molar-refractivity contribution in [1.29, 1.82) is 0 Å². The molecule has 0 fully saturated rings. The predicted molar refractivity (Wildman–Crippen MR) is 72.2 cm³/mol. The predicted octanol–water partition coefficient (Wildman–Crippen LogP) is 3.44. The van der Waals surface area contributed by atoms with Crippen LogP contribution in [0.3, 0.4) is 0 Å². The van der Waals surface area contributed by atoms with Gasteiger partial charge in [0, 0.05) is 18.9 Å². The maximum absolute atomic E-state index is 11.4. The lowest BCUT2D eigenvalue weighted by Crippen LogP contribution is -2.36.